The first-order valence-electron chi connectivity index (χ1n) is 13.3. The molecule has 0 bridgehead atoms. The molecule has 3 N–H and O–H groups in total. The number of fused-ring (bicyclic) bond motifs is 1. The van der Waals surface area contributed by atoms with Crippen molar-refractivity contribution in [3.8, 4) is 6.07 Å². The molecule has 3 aromatic carbocycles. The maximum absolute atomic E-state index is 13.8. The highest BCUT2D eigenvalue weighted by molar-refractivity contribution is 8.00. The predicted molar refractivity (Wildman–Crippen MR) is 165 cm³/mol. The lowest BCUT2D eigenvalue weighted by Gasteiger charge is -2.25. The molecule has 43 heavy (non-hydrogen) atoms. The average molecular weight is 611 g/mol. The first-order valence-corrected chi connectivity index (χ1v) is 15.0. The molecule has 0 aliphatic carbocycles. The van der Waals surface area contributed by atoms with Gasteiger partial charge in [-0.05, 0) is 47.9 Å². The van der Waals surface area contributed by atoms with Gasteiger partial charge in [-0.3, -0.25) is 14.4 Å². The largest absolute Gasteiger partial charge is 0.478 e. The zero-order valence-electron chi connectivity index (χ0n) is 23.0. The van der Waals surface area contributed by atoms with E-state index in [2.05, 4.69) is 16.7 Å². The van der Waals surface area contributed by atoms with E-state index in [4.69, 9.17) is 0 Å². The van der Waals surface area contributed by atoms with Gasteiger partial charge in [-0.2, -0.15) is 5.26 Å². The number of carbonyl (C=O) groups is 4. The van der Waals surface area contributed by atoms with Crippen LogP contribution in [0.4, 0.5) is 10.7 Å². The van der Waals surface area contributed by atoms with Gasteiger partial charge in [0.2, 0.25) is 11.8 Å². The van der Waals surface area contributed by atoms with E-state index in [1.165, 1.54) is 42.2 Å². The number of carboxylic acids is 1. The van der Waals surface area contributed by atoms with E-state index in [-0.39, 0.29) is 22.9 Å². The van der Waals surface area contributed by atoms with Crippen molar-refractivity contribution >= 4 is 57.5 Å². The van der Waals surface area contributed by atoms with Crippen LogP contribution in [-0.4, -0.2) is 40.2 Å². The number of carbonyl (C=O) groups excluding carboxylic acids is 3. The maximum atomic E-state index is 13.8. The molecule has 0 radical (unpaired) electrons. The number of benzene rings is 3. The molecule has 5 rings (SSSR count). The second-order valence-electron chi connectivity index (χ2n) is 9.74. The molecule has 11 heteroatoms. The Labute approximate surface area is 256 Å². The molecule has 9 nitrogen and oxygen atoms in total. The quantitative estimate of drug-likeness (QED) is 0.210. The number of thiophene rings is 1. The van der Waals surface area contributed by atoms with Crippen molar-refractivity contribution in [1.29, 1.82) is 5.26 Å². The van der Waals surface area contributed by atoms with Crippen LogP contribution in [0.2, 0.25) is 0 Å². The Morgan fingerprint density at radius 1 is 0.977 bits per heavy atom. The number of carboxylic acid groups (broad SMARTS) is 1. The van der Waals surface area contributed by atoms with Crippen molar-refractivity contribution in [2.45, 2.75) is 30.0 Å². The average Bonchev–Trinajstić information content (AvgIpc) is 3.36. The first-order chi connectivity index (χ1) is 20.7. The van der Waals surface area contributed by atoms with E-state index < -0.39 is 17.1 Å². The summed E-state index contributed by atoms with van der Waals surface area (Å²) in [6.07, 6.45) is 0.552. The Bertz CT molecular complexity index is 1760. The fourth-order valence-corrected chi connectivity index (χ4v) is 7.11. The van der Waals surface area contributed by atoms with E-state index in [1.54, 1.807) is 35.2 Å². The van der Waals surface area contributed by atoms with E-state index >= 15 is 0 Å². The molecule has 2 heterocycles. The van der Waals surface area contributed by atoms with Gasteiger partial charge in [-0.15, -0.1) is 23.1 Å². The topological polar surface area (TPSA) is 140 Å². The van der Waals surface area contributed by atoms with Gasteiger partial charge in [0.15, 0.2) is 0 Å². The summed E-state index contributed by atoms with van der Waals surface area (Å²) in [5.74, 6) is -2.12. The van der Waals surface area contributed by atoms with E-state index in [1.807, 2.05) is 36.4 Å². The van der Waals surface area contributed by atoms with Crippen molar-refractivity contribution in [2.24, 2.45) is 0 Å². The summed E-state index contributed by atoms with van der Waals surface area (Å²) >= 11 is 2.60. The maximum Gasteiger partial charge on any atom is 0.336 e. The third-order valence-corrected chi connectivity index (χ3v) is 9.32. The SMILES string of the molecule is CC(=O)N1CCc2c(sc(NC(=O)C(Sc3cccc(NC(=O)c4ccccc4C(=O)O)c3)c3ccccc3)c2C#N)C1. The minimum absolute atomic E-state index is 0.0341. The van der Waals surface area contributed by atoms with Crippen molar-refractivity contribution in [1.82, 2.24) is 4.90 Å². The minimum atomic E-state index is -1.20. The number of nitrogens with one attached hydrogen (secondary N) is 2. The highest BCUT2D eigenvalue weighted by Gasteiger charge is 2.29. The molecule has 216 valence electrons. The summed E-state index contributed by atoms with van der Waals surface area (Å²) in [5.41, 5.74) is 2.42. The van der Waals surface area contributed by atoms with Crippen molar-refractivity contribution in [3.63, 3.8) is 0 Å². The van der Waals surface area contributed by atoms with E-state index in [9.17, 15) is 29.5 Å². The molecule has 0 saturated heterocycles. The van der Waals surface area contributed by atoms with Crippen LogP contribution < -0.4 is 10.6 Å². The van der Waals surface area contributed by atoms with Crippen molar-refractivity contribution in [3.05, 3.63) is 112 Å². The lowest BCUT2D eigenvalue weighted by molar-refractivity contribution is -0.129. The van der Waals surface area contributed by atoms with Crippen LogP contribution in [0.1, 0.15) is 54.5 Å². The monoisotopic (exact) mass is 610 g/mol. The third kappa shape index (κ3) is 6.61. The molecule has 1 aliphatic heterocycles. The lowest BCUT2D eigenvalue weighted by atomic mass is 10.0. The zero-order chi connectivity index (χ0) is 30.5. The highest BCUT2D eigenvalue weighted by Crippen LogP contribution is 2.40. The Balaban J connectivity index is 1.38. The predicted octanol–water partition coefficient (Wildman–Crippen LogP) is 5.95. The second-order valence-corrected chi connectivity index (χ2v) is 12.0. The van der Waals surface area contributed by atoms with Crippen molar-refractivity contribution in [2.75, 3.05) is 17.2 Å². The summed E-state index contributed by atoms with van der Waals surface area (Å²) in [4.78, 5) is 53.5. The summed E-state index contributed by atoms with van der Waals surface area (Å²) < 4.78 is 0. The van der Waals surface area contributed by atoms with E-state index in [0.29, 0.717) is 40.7 Å². The van der Waals surface area contributed by atoms with Gasteiger partial charge in [0, 0.05) is 28.9 Å². The molecule has 1 unspecified atom stereocenters. The molecule has 1 aliphatic rings. The molecule has 0 saturated carbocycles. The normalized spacial score (nSPS) is 12.9. The first kappa shape index (κ1) is 29.6. The Kier molecular flexibility index (Phi) is 8.90. The smallest absolute Gasteiger partial charge is 0.336 e. The molecular formula is C32H26N4O5S2. The lowest BCUT2D eigenvalue weighted by Crippen LogP contribution is -2.33. The molecular weight excluding hydrogens is 585 g/mol. The van der Waals surface area contributed by atoms with Gasteiger partial charge >= 0.3 is 5.97 Å². The Hall–Kier alpha value is -4.92. The fraction of sp³-hybridized carbons (Fsp3) is 0.156. The van der Waals surface area contributed by atoms with Crippen LogP contribution in [0.5, 0.6) is 0 Å². The number of nitriles is 1. The van der Waals surface area contributed by atoms with Crippen LogP contribution >= 0.6 is 23.1 Å². The summed E-state index contributed by atoms with van der Waals surface area (Å²) in [6.45, 7) is 2.45. The number of nitrogens with zero attached hydrogens (tertiary/aromatic N) is 2. The Morgan fingerprint density at radius 3 is 2.40 bits per heavy atom. The molecule has 0 fully saturated rings. The van der Waals surface area contributed by atoms with Crippen LogP contribution in [0.15, 0.2) is 83.8 Å². The third-order valence-electron chi connectivity index (χ3n) is 6.94. The minimum Gasteiger partial charge on any atom is -0.478 e. The number of hydrogen-bond acceptors (Lipinski definition) is 7. The van der Waals surface area contributed by atoms with Gasteiger partial charge in [0.05, 0.1) is 23.2 Å². The number of anilines is 2. The van der Waals surface area contributed by atoms with Gasteiger partial charge in [-0.25, -0.2) is 4.79 Å². The fourth-order valence-electron chi connectivity index (χ4n) is 4.81. The number of aromatic carboxylic acids is 1. The zero-order valence-corrected chi connectivity index (χ0v) is 24.6. The highest BCUT2D eigenvalue weighted by atomic mass is 32.2. The van der Waals surface area contributed by atoms with E-state index in [0.717, 1.165) is 16.0 Å². The Morgan fingerprint density at radius 2 is 1.70 bits per heavy atom. The molecule has 0 spiro atoms. The van der Waals surface area contributed by atoms with Crippen molar-refractivity contribution < 1.29 is 24.3 Å². The molecule has 1 aromatic heterocycles. The molecule has 3 amide bonds. The van der Waals surface area contributed by atoms with Gasteiger partial charge in [0.1, 0.15) is 16.3 Å². The van der Waals surface area contributed by atoms with Gasteiger partial charge < -0.3 is 20.6 Å². The molecule has 4 aromatic rings. The van der Waals surface area contributed by atoms with Gasteiger partial charge in [-0.1, -0.05) is 48.5 Å². The standard InChI is InChI=1S/C32H26N4O5S2/c1-19(37)36-15-14-23-26(17-33)31(43-27(23)18-36)35-30(39)28(20-8-3-2-4-9-20)42-22-11-7-10-21(16-22)34-29(38)24-12-5-6-13-25(24)32(40)41/h2-13,16,28H,14-15,18H2,1H3,(H,34,38)(H,35,39)(H,40,41). The number of thioether (sulfide) groups is 1. The number of hydrogen-bond donors (Lipinski definition) is 3. The summed E-state index contributed by atoms with van der Waals surface area (Å²) in [7, 11) is 0. The summed E-state index contributed by atoms with van der Waals surface area (Å²) in [5, 5.41) is 24.9. The number of amides is 3. The molecule has 1 atom stereocenters. The number of rotatable bonds is 8. The summed E-state index contributed by atoms with van der Waals surface area (Å²) in [6, 6.07) is 24.4. The van der Waals surface area contributed by atoms with Crippen LogP contribution in [0.25, 0.3) is 0 Å². The van der Waals surface area contributed by atoms with Crippen LogP contribution in [0.3, 0.4) is 0 Å². The van der Waals surface area contributed by atoms with Crippen LogP contribution in [0, 0.1) is 11.3 Å². The van der Waals surface area contributed by atoms with Crippen LogP contribution in [-0.2, 0) is 22.6 Å². The second kappa shape index (κ2) is 12.9. The van der Waals surface area contributed by atoms with Gasteiger partial charge in [0.25, 0.3) is 5.91 Å².